The number of carboxylic acids is 1. The lowest BCUT2D eigenvalue weighted by Crippen LogP contribution is -2.34. The molecule has 2 rings (SSSR count). The molecule has 1 heterocycles. The summed E-state index contributed by atoms with van der Waals surface area (Å²) in [6.45, 7) is 0.358. The van der Waals surface area contributed by atoms with Crippen molar-refractivity contribution < 1.29 is 19.4 Å². The summed E-state index contributed by atoms with van der Waals surface area (Å²) in [5.74, 6) is -1.03. The highest BCUT2D eigenvalue weighted by Crippen LogP contribution is 2.19. The van der Waals surface area contributed by atoms with Crippen LogP contribution in [0.1, 0.15) is 18.4 Å². The molecule has 0 aromatic heterocycles. The fourth-order valence-corrected chi connectivity index (χ4v) is 2.61. The molecule has 0 bridgehead atoms. The fourth-order valence-electron chi connectivity index (χ4n) is 2.16. The zero-order valence-corrected chi connectivity index (χ0v) is 12.4. The van der Waals surface area contributed by atoms with Crippen LogP contribution in [0.4, 0.5) is 0 Å². The molecule has 0 saturated carbocycles. The summed E-state index contributed by atoms with van der Waals surface area (Å²) >= 11 is 3.36. The Morgan fingerprint density at radius 2 is 2.20 bits per heavy atom. The molecule has 2 atom stereocenters. The summed E-state index contributed by atoms with van der Waals surface area (Å²) in [6, 6.07) is 7.56. The maximum atomic E-state index is 11.8. The summed E-state index contributed by atoms with van der Waals surface area (Å²) in [6.07, 6.45) is 0.522. The van der Waals surface area contributed by atoms with Crippen molar-refractivity contribution in [2.75, 3.05) is 6.54 Å². The van der Waals surface area contributed by atoms with E-state index in [1.807, 2.05) is 24.3 Å². The monoisotopic (exact) mass is 341 g/mol. The molecule has 1 fully saturated rings. The highest BCUT2D eigenvalue weighted by atomic mass is 79.9. The van der Waals surface area contributed by atoms with Crippen LogP contribution in [-0.2, 0) is 20.7 Å². The zero-order valence-electron chi connectivity index (χ0n) is 10.8. The number of hydrogen-bond donors (Lipinski definition) is 2. The maximum Gasteiger partial charge on any atom is 0.332 e. The molecule has 108 valence electrons. The number of ether oxygens (including phenoxy) is 1. The van der Waals surface area contributed by atoms with Gasteiger partial charge in [0.1, 0.15) is 0 Å². The highest BCUT2D eigenvalue weighted by molar-refractivity contribution is 9.10. The van der Waals surface area contributed by atoms with Gasteiger partial charge in [0.15, 0.2) is 6.10 Å². The van der Waals surface area contributed by atoms with Crippen molar-refractivity contribution in [3.8, 4) is 0 Å². The van der Waals surface area contributed by atoms with E-state index in [2.05, 4.69) is 21.2 Å². The van der Waals surface area contributed by atoms with Crippen molar-refractivity contribution >= 4 is 27.8 Å². The van der Waals surface area contributed by atoms with Gasteiger partial charge < -0.3 is 15.2 Å². The van der Waals surface area contributed by atoms with Gasteiger partial charge in [-0.25, -0.2) is 4.79 Å². The molecule has 0 spiro atoms. The molecular formula is C14H16BrNO4. The van der Waals surface area contributed by atoms with Crippen LogP contribution in [-0.4, -0.2) is 35.7 Å². The first-order chi connectivity index (χ1) is 9.54. The molecule has 1 aliphatic rings. The third-order valence-electron chi connectivity index (χ3n) is 3.16. The van der Waals surface area contributed by atoms with E-state index in [1.165, 1.54) is 0 Å². The number of halogens is 1. The Morgan fingerprint density at radius 3 is 2.85 bits per heavy atom. The van der Waals surface area contributed by atoms with Crippen LogP contribution in [0, 0.1) is 0 Å². The number of amides is 1. The molecule has 2 N–H and O–H groups in total. The predicted octanol–water partition coefficient (Wildman–Crippen LogP) is 1.74. The van der Waals surface area contributed by atoms with Gasteiger partial charge in [0.25, 0.3) is 0 Å². The van der Waals surface area contributed by atoms with Crippen LogP contribution in [0.5, 0.6) is 0 Å². The quantitative estimate of drug-likeness (QED) is 0.855. The van der Waals surface area contributed by atoms with Gasteiger partial charge in [0, 0.05) is 11.0 Å². The predicted molar refractivity (Wildman–Crippen MR) is 76.4 cm³/mol. The van der Waals surface area contributed by atoms with E-state index in [-0.39, 0.29) is 12.0 Å². The van der Waals surface area contributed by atoms with E-state index in [9.17, 15) is 9.59 Å². The topological polar surface area (TPSA) is 75.6 Å². The smallest absolute Gasteiger partial charge is 0.332 e. The van der Waals surface area contributed by atoms with Crippen LogP contribution in [0.25, 0.3) is 0 Å². The van der Waals surface area contributed by atoms with Crippen molar-refractivity contribution in [3.05, 3.63) is 34.3 Å². The third-order valence-corrected chi connectivity index (χ3v) is 3.66. The number of carbonyl (C=O) groups is 2. The average molecular weight is 342 g/mol. The molecule has 1 saturated heterocycles. The Bertz CT molecular complexity index is 506. The van der Waals surface area contributed by atoms with Gasteiger partial charge in [-0.3, -0.25) is 4.79 Å². The number of rotatable bonds is 5. The summed E-state index contributed by atoms with van der Waals surface area (Å²) in [4.78, 5) is 22.5. The number of benzene rings is 1. The van der Waals surface area contributed by atoms with Gasteiger partial charge in [0.2, 0.25) is 5.91 Å². The van der Waals surface area contributed by atoms with Crippen molar-refractivity contribution in [1.29, 1.82) is 0 Å². The van der Waals surface area contributed by atoms with Gasteiger partial charge in [-0.05, 0) is 30.5 Å². The Morgan fingerprint density at radius 1 is 1.40 bits per heavy atom. The van der Waals surface area contributed by atoms with Crippen molar-refractivity contribution in [2.24, 2.45) is 0 Å². The first kappa shape index (κ1) is 15.0. The molecule has 5 nitrogen and oxygen atoms in total. The Kier molecular flexibility index (Phi) is 5.14. The summed E-state index contributed by atoms with van der Waals surface area (Å²) in [7, 11) is 0. The second-order valence-corrected chi connectivity index (χ2v) is 5.69. The molecule has 6 heteroatoms. The minimum atomic E-state index is -0.937. The lowest BCUT2D eigenvalue weighted by molar-refractivity contribution is -0.149. The van der Waals surface area contributed by atoms with Crippen molar-refractivity contribution in [2.45, 2.75) is 31.5 Å². The van der Waals surface area contributed by atoms with E-state index in [4.69, 9.17) is 9.84 Å². The number of hydrogen-bond acceptors (Lipinski definition) is 3. The molecule has 1 aromatic rings. The fraction of sp³-hybridized carbons (Fsp3) is 0.429. The molecule has 20 heavy (non-hydrogen) atoms. The SMILES string of the molecule is O=C(Cc1cccc(Br)c1)NCC1CCC(C(=O)O)O1. The van der Waals surface area contributed by atoms with E-state index >= 15 is 0 Å². The molecular weight excluding hydrogens is 326 g/mol. The van der Waals surface area contributed by atoms with Crippen LogP contribution in [0.3, 0.4) is 0 Å². The van der Waals surface area contributed by atoms with E-state index in [0.717, 1.165) is 10.0 Å². The molecule has 1 amide bonds. The Labute approximate surface area is 125 Å². The van der Waals surface area contributed by atoms with E-state index in [0.29, 0.717) is 25.8 Å². The summed E-state index contributed by atoms with van der Waals surface area (Å²) in [5.41, 5.74) is 0.924. The largest absolute Gasteiger partial charge is 0.479 e. The first-order valence-electron chi connectivity index (χ1n) is 6.44. The van der Waals surface area contributed by atoms with Gasteiger partial charge in [0.05, 0.1) is 12.5 Å². The number of aliphatic carboxylic acids is 1. The van der Waals surface area contributed by atoms with E-state index in [1.54, 1.807) is 0 Å². The normalized spacial score (nSPS) is 21.6. The first-order valence-corrected chi connectivity index (χ1v) is 7.23. The van der Waals surface area contributed by atoms with Gasteiger partial charge in [-0.15, -0.1) is 0 Å². The Hall–Kier alpha value is -1.40. The molecule has 1 aromatic carbocycles. The Balaban J connectivity index is 1.75. The second kappa shape index (κ2) is 6.85. The number of carboxylic acid groups (broad SMARTS) is 1. The summed E-state index contributed by atoms with van der Waals surface area (Å²) < 4.78 is 6.26. The van der Waals surface area contributed by atoms with Gasteiger partial charge in [-0.2, -0.15) is 0 Å². The van der Waals surface area contributed by atoms with Gasteiger partial charge >= 0.3 is 5.97 Å². The summed E-state index contributed by atoms with van der Waals surface area (Å²) in [5, 5.41) is 11.6. The minimum Gasteiger partial charge on any atom is -0.479 e. The molecule has 2 unspecified atom stereocenters. The standard InChI is InChI=1S/C14H16BrNO4/c15-10-3-1-2-9(6-10)7-13(17)16-8-11-4-5-12(20-11)14(18)19/h1-3,6,11-12H,4-5,7-8H2,(H,16,17)(H,18,19). The second-order valence-electron chi connectivity index (χ2n) is 4.77. The van der Waals surface area contributed by atoms with E-state index < -0.39 is 12.1 Å². The molecule has 0 radical (unpaired) electrons. The molecule has 1 aliphatic heterocycles. The number of carbonyl (C=O) groups excluding carboxylic acids is 1. The van der Waals surface area contributed by atoms with Crippen LogP contribution < -0.4 is 5.32 Å². The van der Waals surface area contributed by atoms with Crippen LogP contribution in [0.2, 0.25) is 0 Å². The maximum absolute atomic E-state index is 11.8. The van der Waals surface area contributed by atoms with Crippen molar-refractivity contribution in [1.82, 2.24) is 5.32 Å². The zero-order chi connectivity index (χ0) is 14.5. The number of nitrogens with one attached hydrogen (secondary N) is 1. The third kappa shape index (κ3) is 4.31. The highest BCUT2D eigenvalue weighted by Gasteiger charge is 2.30. The minimum absolute atomic E-state index is 0.0922. The molecule has 0 aliphatic carbocycles. The average Bonchev–Trinajstić information content (AvgIpc) is 2.85. The van der Waals surface area contributed by atoms with Crippen LogP contribution >= 0.6 is 15.9 Å². The lowest BCUT2D eigenvalue weighted by atomic mass is 10.1. The van der Waals surface area contributed by atoms with Crippen LogP contribution in [0.15, 0.2) is 28.7 Å². The van der Waals surface area contributed by atoms with Gasteiger partial charge in [-0.1, -0.05) is 28.1 Å². The van der Waals surface area contributed by atoms with Crippen molar-refractivity contribution in [3.63, 3.8) is 0 Å². The lowest BCUT2D eigenvalue weighted by Gasteiger charge is -2.12.